The number of morpholine rings is 1. The number of rotatable bonds is 1. The summed E-state index contributed by atoms with van der Waals surface area (Å²) in [7, 11) is 0. The maximum absolute atomic E-state index is 11.9. The van der Waals surface area contributed by atoms with Crippen LogP contribution in [0.3, 0.4) is 0 Å². The van der Waals surface area contributed by atoms with Gasteiger partial charge in [-0.3, -0.25) is 0 Å². The Kier molecular flexibility index (Phi) is 4.15. The molecule has 1 aliphatic heterocycles. The van der Waals surface area contributed by atoms with Crippen molar-refractivity contribution in [3.05, 3.63) is 0 Å². The third-order valence-electron chi connectivity index (χ3n) is 2.36. The Morgan fingerprint density at radius 2 is 2.12 bits per heavy atom. The van der Waals surface area contributed by atoms with E-state index in [9.17, 15) is 4.79 Å². The molecule has 2 atom stereocenters. The summed E-state index contributed by atoms with van der Waals surface area (Å²) in [5.41, 5.74) is 5.36. The summed E-state index contributed by atoms with van der Waals surface area (Å²) < 4.78 is 5.60. The third-order valence-corrected chi connectivity index (χ3v) is 2.36. The molecule has 16 heavy (non-hydrogen) atoms. The molecule has 0 saturated carbocycles. The van der Waals surface area contributed by atoms with E-state index in [1.54, 1.807) is 4.90 Å². The predicted molar refractivity (Wildman–Crippen MR) is 63.2 cm³/mol. The quantitative estimate of drug-likeness (QED) is 0.689. The molecule has 0 aromatic rings. The number of carbonyl (C=O) groups excluding carboxylic acids is 1. The molecule has 5 nitrogen and oxygen atoms in total. The van der Waals surface area contributed by atoms with E-state index in [0.717, 1.165) is 0 Å². The van der Waals surface area contributed by atoms with Crippen LogP contribution in [-0.2, 0) is 4.74 Å². The zero-order valence-electron chi connectivity index (χ0n) is 10.6. The van der Waals surface area contributed by atoms with E-state index >= 15 is 0 Å². The van der Waals surface area contributed by atoms with E-state index in [0.29, 0.717) is 19.6 Å². The van der Waals surface area contributed by atoms with Gasteiger partial charge in [0.15, 0.2) is 0 Å². The number of urea groups is 1. The highest BCUT2D eigenvalue weighted by molar-refractivity contribution is 5.75. The van der Waals surface area contributed by atoms with Crippen LogP contribution in [0.2, 0.25) is 0 Å². The normalized spacial score (nSPS) is 26.7. The Labute approximate surface area is 97.3 Å². The zero-order chi connectivity index (χ0) is 12.3. The Bertz CT molecular complexity index is 250. The average Bonchev–Trinajstić information content (AvgIpc) is 2.14. The molecule has 5 heteroatoms. The van der Waals surface area contributed by atoms with Gasteiger partial charge < -0.3 is 20.7 Å². The van der Waals surface area contributed by atoms with Crippen molar-refractivity contribution in [2.24, 2.45) is 5.73 Å². The number of hydrogen-bond donors (Lipinski definition) is 2. The number of carbonyl (C=O) groups is 1. The maximum Gasteiger partial charge on any atom is 0.317 e. The molecule has 0 bridgehead atoms. The topological polar surface area (TPSA) is 67.6 Å². The number of ether oxygens (including phenoxy) is 1. The molecule has 94 valence electrons. The summed E-state index contributed by atoms with van der Waals surface area (Å²) in [6.07, 6.45) is 0.00230. The van der Waals surface area contributed by atoms with Gasteiger partial charge >= 0.3 is 6.03 Å². The molecule has 2 unspecified atom stereocenters. The lowest BCUT2D eigenvalue weighted by Gasteiger charge is -2.37. The summed E-state index contributed by atoms with van der Waals surface area (Å²) in [6.45, 7) is 9.50. The van der Waals surface area contributed by atoms with Crippen LogP contribution in [0.4, 0.5) is 4.79 Å². The van der Waals surface area contributed by atoms with Crippen molar-refractivity contribution in [1.82, 2.24) is 10.2 Å². The van der Waals surface area contributed by atoms with Crippen molar-refractivity contribution in [1.29, 1.82) is 0 Å². The molecular weight excluding hydrogens is 206 g/mol. The largest absolute Gasteiger partial charge is 0.370 e. The summed E-state index contributed by atoms with van der Waals surface area (Å²) in [6, 6.07) is -0.0406. The Morgan fingerprint density at radius 1 is 1.50 bits per heavy atom. The number of nitrogens with two attached hydrogens (primary N) is 1. The van der Waals surface area contributed by atoms with Gasteiger partial charge in [-0.25, -0.2) is 4.79 Å². The third kappa shape index (κ3) is 3.98. The van der Waals surface area contributed by atoms with Gasteiger partial charge in [0.2, 0.25) is 0 Å². The van der Waals surface area contributed by atoms with Crippen LogP contribution < -0.4 is 11.1 Å². The number of nitrogens with one attached hydrogen (secondary N) is 1. The van der Waals surface area contributed by atoms with Gasteiger partial charge in [-0.2, -0.15) is 0 Å². The fourth-order valence-corrected chi connectivity index (χ4v) is 1.74. The second-order valence-electron chi connectivity index (χ2n) is 5.39. The van der Waals surface area contributed by atoms with Gasteiger partial charge in [0.25, 0.3) is 0 Å². The molecule has 1 fully saturated rings. The van der Waals surface area contributed by atoms with Crippen LogP contribution >= 0.6 is 0 Å². The van der Waals surface area contributed by atoms with E-state index in [4.69, 9.17) is 10.5 Å². The molecule has 0 spiro atoms. The molecule has 1 saturated heterocycles. The van der Waals surface area contributed by atoms with E-state index in [2.05, 4.69) is 5.32 Å². The smallest absolute Gasteiger partial charge is 0.317 e. The lowest BCUT2D eigenvalue weighted by Crippen LogP contribution is -2.56. The minimum absolute atomic E-state index is 0.0406. The molecule has 0 aliphatic carbocycles. The Morgan fingerprint density at radius 3 is 2.62 bits per heavy atom. The fourth-order valence-electron chi connectivity index (χ4n) is 1.74. The van der Waals surface area contributed by atoms with Crippen molar-refractivity contribution >= 4 is 6.03 Å². The highest BCUT2D eigenvalue weighted by Gasteiger charge is 2.29. The zero-order valence-corrected chi connectivity index (χ0v) is 10.6. The van der Waals surface area contributed by atoms with E-state index in [-0.39, 0.29) is 23.8 Å². The SMILES string of the molecule is CC1CN(C(=O)NC(C)(C)C)CC(CN)O1. The predicted octanol–water partition coefficient (Wildman–Crippen LogP) is 0.543. The second-order valence-corrected chi connectivity index (χ2v) is 5.39. The van der Waals surface area contributed by atoms with Crippen molar-refractivity contribution in [2.75, 3.05) is 19.6 Å². The van der Waals surface area contributed by atoms with Crippen molar-refractivity contribution in [2.45, 2.75) is 45.4 Å². The Hall–Kier alpha value is -0.810. The van der Waals surface area contributed by atoms with Crippen LogP contribution in [-0.4, -0.2) is 48.3 Å². The highest BCUT2D eigenvalue weighted by atomic mass is 16.5. The highest BCUT2D eigenvalue weighted by Crippen LogP contribution is 2.11. The maximum atomic E-state index is 11.9. The molecule has 1 heterocycles. The van der Waals surface area contributed by atoms with Gasteiger partial charge in [0, 0.05) is 25.2 Å². The molecule has 0 aromatic heterocycles. The average molecular weight is 229 g/mol. The first-order chi connectivity index (χ1) is 7.31. The van der Waals surface area contributed by atoms with Crippen molar-refractivity contribution < 1.29 is 9.53 Å². The summed E-state index contributed by atoms with van der Waals surface area (Å²) in [5, 5.41) is 2.94. The van der Waals surface area contributed by atoms with Crippen LogP contribution in [0.25, 0.3) is 0 Å². The number of hydrogen-bond acceptors (Lipinski definition) is 3. The van der Waals surface area contributed by atoms with Crippen LogP contribution in [0, 0.1) is 0 Å². The summed E-state index contributed by atoms with van der Waals surface area (Å²) in [4.78, 5) is 13.7. The van der Waals surface area contributed by atoms with Gasteiger partial charge in [0.1, 0.15) is 0 Å². The summed E-state index contributed by atoms with van der Waals surface area (Å²) in [5.74, 6) is 0. The first kappa shape index (κ1) is 13.3. The van der Waals surface area contributed by atoms with Crippen molar-refractivity contribution in [3.8, 4) is 0 Å². The molecule has 0 aromatic carbocycles. The van der Waals surface area contributed by atoms with Gasteiger partial charge in [-0.05, 0) is 27.7 Å². The summed E-state index contributed by atoms with van der Waals surface area (Å²) >= 11 is 0. The minimum atomic E-state index is -0.211. The lowest BCUT2D eigenvalue weighted by molar-refractivity contribution is -0.0592. The molecular formula is C11H23N3O2. The van der Waals surface area contributed by atoms with E-state index in [1.807, 2.05) is 27.7 Å². The van der Waals surface area contributed by atoms with Crippen molar-refractivity contribution in [3.63, 3.8) is 0 Å². The molecule has 1 rings (SSSR count). The lowest BCUT2D eigenvalue weighted by atomic mass is 10.1. The first-order valence-corrected chi connectivity index (χ1v) is 5.74. The van der Waals surface area contributed by atoms with E-state index in [1.165, 1.54) is 0 Å². The van der Waals surface area contributed by atoms with Gasteiger partial charge in [-0.1, -0.05) is 0 Å². The van der Waals surface area contributed by atoms with Crippen LogP contribution in [0.15, 0.2) is 0 Å². The minimum Gasteiger partial charge on any atom is -0.370 e. The van der Waals surface area contributed by atoms with Crippen LogP contribution in [0.1, 0.15) is 27.7 Å². The Balaban J connectivity index is 2.55. The number of nitrogens with zero attached hydrogens (tertiary/aromatic N) is 1. The van der Waals surface area contributed by atoms with Gasteiger partial charge in [-0.15, -0.1) is 0 Å². The van der Waals surface area contributed by atoms with Gasteiger partial charge in [0.05, 0.1) is 12.2 Å². The fraction of sp³-hybridized carbons (Fsp3) is 0.909. The molecule has 3 N–H and O–H groups in total. The molecule has 1 aliphatic rings. The number of amides is 2. The van der Waals surface area contributed by atoms with E-state index < -0.39 is 0 Å². The molecule has 2 amide bonds. The second kappa shape index (κ2) is 5.01. The van der Waals surface area contributed by atoms with Crippen LogP contribution in [0.5, 0.6) is 0 Å². The standard InChI is InChI=1S/C11H23N3O2/c1-8-6-14(7-9(5-12)16-8)10(15)13-11(2,3)4/h8-9H,5-7,12H2,1-4H3,(H,13,15). The monoisotopic (exact) mass is 229 g/mol. The molecule has 0 radical (unpaired) electrons. The first-order valence-electron chi connectivity index (χ1n) is 5.74.